The summed E-state index contributed by atoms with van der Waals surface area (Å²) in [6.45, 7) is 5.95. The van der Waals surface area contributed by atoms with Crippen LogP contribution in [0.4, 0.5) is 0 Å². The van der Waals surface area contributed by atoms with Crippen molar-refractivity contribution in [1.29, 1.82) is 0 Å². The minimum absolute atomic E-state index is 0.239. The van der Waals surface area contributed by atoms with Crippen molar-refractivity contribution >= 4 is 5.71 Å². The zero-order valence-corrected chi connectivity index (χ0v) is 7.38. The Morgan fingerprint density at radius 3 is 2.64 bits per heavy atom. The third-order valence-corrected chi connectivity index (χ3v) is 1.86. The van der Waals surface area contributed by atoms with E-state index in [1.807, 2.05) is 0 Å². The molecule has 0 aromatic carbocycles. The van der Waals surface area contributed by atoms with E-state index in [2.05, 4.69) is 18.5 Å². The molecular formula is C9H17NO. The van der Waals surface area contributed by atoms with E-state index in [9.17, 15) is 0 Å². The van der Waals surface area contributed by atoms with Gasteiger partial charge in [0.1, 0.15) is 0 Å². The van der Waals surface area contributed by atoms with E-state index in [0.717, 1.165) is 18.6 Å². The van der Waals surface area contributed by atoms with Gasteiger partial charge in [0.25, 0.3) is 0 Å². The van der Waals surface area contributed by atoms with Crippen molar-refractivity contribution in [3.8, 4) is 0 Å². The quantitative estimate of drug-likeness (QED) is 0.602. The Labute approximate surface area is 68.7 Å². The van der Waals surface area contributed by atoms with Crippen molar-refractivity contribution in [3.05, 3.63) is 12.7 Å². The first-order valence-electron chi connectivity index (χ1n) is 3.97. The highest BCUT2D eigenvalue weighted by atomic mass is 16.3. The van der Waals surface area contributed by atoms with Gasteiger partial charge >= 0.3 is 0 Å². The average molecular weight is 155 g/mol. The molecule has 0 saturated carbocycles. The zero-order chi connectivity index (χ0) is 8.69. The number of aliphatic imine (C=N–C) groups is 1. The predicted octanol–water partition coefficient (Wildman–Crippen LogP) is 1.65. The first-order chi connectivity index (χ1) is 5.28. The van der Waals surface area contributed by atoms with Gasteiger partial charge in [0, 0.05) is 19.4 Å². The van der Waals surface area contributed by atoms with Crippen LogP contribution in [0.25, 0.3) is 0 Å². The molecule has 0 spiro atoms. The van der Waals surface area contributed by atoms with Crippen molar-refractivity contribution in [3.63, 3.8) is 0 Å². The summed E-state index contributed by atoms with van der Waals surface area (Å²) in [5.74, 6) is 0.340. The van der Waals surface area contributed by atoms with Crippen LogP contribution in [0.15, 0.2) is 17.6 Å². The molecule has 11 heavy (non-hydrogen) atoms. The number of aliphatic hydroxyl groups excluding tert-OH is 1. The molecule has 0 bridgehead atoms. The fraction of sp³-hybridized carbons (Fsp3) is 0.667. The van der Waals surface area contributed by atoms with Gasteiger partial charge in [-0.3, -0.25) is 4.99 Å². The first-order valence-corrected chi connectivity index (χ1v) is 3.97. The van der Waals surface area contributed by atoms with Crippen LogP contribution < -0.4 is 0 Å². The van der Waals surface area contributed by atoms with Gasteiger partial charge in [-0.15, -0.1) is 0 Å². The highest BCUT2D eigenvalue weighted by Crippen LogP contribution is 2.08. The van der Waals surface area contributed by atoms with E-state index in [1.165, 1.54) is 0 Å². The van der Waals surface area contributed by atoms with E-state index in [4.69, 9.17) is 5.11 Å². The van der Waals surface area contributed by atoms with Crippen molar-refractivity contribution in [2.24, 2.45) is 10.9 Å². The maximum absolute atomic E-state index is 8.88. The van der Waals surface area contributed by atoms with Gasteiger partial charge in [-0.1, -0.05) is 19.9 Å². The predicted molar refractivity (Wildman–Crippen MR) is 49.0 cm³/mol. The molecule has 2 heteroatoms. The second kappa shape index (κ2) is 6.10. The fourth-order valence-corrected chi connectivity index (χ4v) is 0.900. The number of nitrogens with zero attached hydrogens (tertiary/aromatic N) is 1. The molecule has 0 amide bonds. The second-order valence-corrected chi connectivity index (χ2v) is 2.58. The number of allylic oxidation sites excluding steroid dienone is 1. The molecule has 2 nitrogen and oxygen atoms in total. The highest BCUT2D eigenvalue weighted by molar-refractivity contribution is 5.94. The molecular weight excluding hydrogens is 138 g/mol. The van der Waals surface area contributed by atoms with Crippen LogP contribution in [0, 0.1) is 5.92 Å². The molecule has 1 unspecified atom stereocenters. The number of hydrogen-bond donors (Lipinski definition) is 1. The van der Waals surface area contributed by atoms with Gasteiger partial charge in [-0.2, -0.15) is 0 Å². The highest BCUT2D eigenvalue weighted by Gasteiger charge is 2.05. The van der Waals surface area contributed by atoms with Gasteiger partial charge < -0.3 is 5.11 Å². The second-order valence-electron chi connectivity index (χ2n) is 2.58. The van der Waals surface area contributed by atoms with E-state index < -0.39 is 0 Å². The number of rotatable bonds is 5. The van der Waals surface area contributed by atoms with E-state index in [1.54, 1.807) is 13.1 Å². The molecule has 0 aliphatic rings. The Morgan fingerprint density at radius 1 is 1.73 bits per heavy atom. The lowest BCUT2D eigenvalue weighted by Gasteiger charge is -2.10. The Kier molecular flexibility index (Phi) is 5.75. The van der Waals surface area contributed by atoms with E-state index in [-0.39, 0.29) is 6.61 Å². The minimum Gasteiger partial charge on any atom is -0.396 e. The summed E-state index contributed by atoms with van der Waals surface area (Å²) in [7, 11) is 1.75. The third kappa shape index (κ3) is 3.94. The molecule has 0 saturated heterocycles. The van der Waals surface area contributed by atoms with Crippen LogP contribution in [-0.2, 0) is 0 Å². The largest absolute Gasteiger partial charge is 0.396 e. The molecule has 0 radical (unpaired) electrons. The number of hydrogen-bond acceptors (Lipinski definition) is 2. The van der Waals surface area contributed by atoms with Crippen molar-refractivity contribution in [1.82, 2.24) is 0 Å². The summed E-state index contributed by atoms with van der Waals surface area (Å²) in [5, 5.41) is 8.88. The summed E-state index contributed by atoms with van der Waals surface area (Å²) >= 11 is 0. The lowest BCUT2D eigenvalue weighted by Crippen LogP contribution is -2.09. The fourth-order valence-electron chi connectivity index (χ4n) is 0.900. The summed E-state index contributed by atoms with van der Waals surface area (Å²) in [6, 6.07) is 0. The van der Waals surface area contributed by atoms with Gasteiger partial charge in [0.2, 0.25) is 0 Å². The molecule has 0 aliphatic carbocycles. The Hall–Kier alpha value is -0.630. The van der Waals surface area contributed by atoms with Crippen molar-refractivity contribution in [2.45, 2.75) is 19.8 Å². The van der Waals surface area contributed by atoms with E-state index >= 15 is 0 Å². The summed E-state index contributed by atoms with van der Waals surface area (Å²) in [4.78, 5) is 4.03. The summed E-state index contributed by atoms with van der Waals surface area (Å²) < 4.78 is 0. The van der Waals surface area contributed by atoms with Crippen LogP contribution in [0.2, 0.25) is 0 Å². The third-order valence-electron chi connectivity index (χ3n) is 1.86. The monoisotopic (exact) mass is 155 g/mol. The van der Waals surface area contributed by atoms with E-state index in [0.29, 0.717) is 5.92 Å². The SMILES string of the molecule is C=CC(CC(CC)CO)=NC. The molecule has 0 heterocycles. The van der Waals surface area contributed by atoms with Crippen LogP contribution in [-0.4, -0.2) is 24.5 Å². The molecule has 0 aromatic heterocycles. The Bertz CT molecular complexity index is 136. The van der Waals surface area contributed by atoms with Gasteiger partial charge in [-0.05, 0) is 18.4 Å². The van der Waals surface area contributed by atoms with Crippen LogP contribution in [0.3, 0.4) is 0 Å². The lowest BCUT2D eigenvalue weighted by atomic mass is 10.0. The Morgan fingerprint density at radius 2 is 2.36 bits per heavy atom. The smallest absolute Gasteiger partial charge is 0.0462 e. The molecule has 1 N–H and O–H groups in total. The van der Waals surface area contributed by atoms with Crippen LogP contribution in [0.5, 0.6) is 0 Å². The van der Waals surface area contributed by atoms with Crippen molar-refractivity contribution in [2.75, 3.05) is 13.7 Å². The number of aliphatic hydroxyl groups is 1. The first kappa shape index (κ1) is 10.4. The zero-order valence-electron chi connectivity index (χ0n) is 7.38. The van der Waals surface area contributed by atoms with Gasteiger partial charge in [0.15, 0.2) is 0 Å². The molecule has 0 aromatic rings. The standard InChI is InChI=1S/C9H17NO/c1-4-8(7-11)6-9(5-2)10-3/h5,8,11H,2,4,6-7H2,1,3H3. The summed E-state index contributed by atoms with van der Waals surface area (Å²) in [5.41, 5.74) is 0.978. The van der Waals surface area contributed by atoms with Crippen LogP contribution in [0.1, 0.15) is 19.8 Å². The van der Waals surface area contributed by atoms with Gasteiger partial charge in [-0.25, -0.2) is 0 Å². The normalized spacial score (nSPS) is 14.6. The van der Waals surface area contributed by atoms with Crippen LogP contribution >= 0.6 is 0 Å². The molecule has 1 atom stereocenters. The molecule has 0 fully saturated rings. The topological polar surface area (TPSA) is 32.6 Å². The minimum atomic E-state index is 0.239. The maximum atomic E-state index is 8.88. The molecule has 0 rings (SSSR count). The van der Waals surface area contributed by atoms with Crippen molar-refractivity contribution < 1.29 is 5.11 Å². The molecule has 0 aliphatic heterocycles. The Balaban J connectivity index is 3.88. The maximum Gasteiger partial charge on any atom is 0.0462 e. The lowest BCUT2D eigenvalue weighted by molar-refractivity contribution is 0.227. The molecule has 64 valence electrons. The average Bonchev–Trinajstić information content (AvgIpc) is 2.07. The summed E-state index contributed by atoms with van der Waals surface area (Å²) in [6.07, 6.45) is 3.58. The van der Waals surface area contributed by atoms with Gasteiger partial charge in [0.05, 0.1) is 0 Å².